The van der Waals surface area contributed by atoms with E-state index in [0.717, 1.165) is 42.7 Å². The lowest BCUT2D eigenvalue weighted by Crippen LogP contribution is -2.59. The van der Waals surface area contributed by atoms with E-state index in [9.17, 15) is 19.2 Å². The third-order valence-corrected chi connectivity index (χ3v) is 13.4. The fourth-order valence-corrected chi connectivity index (χ4v) is 9.88. The number of amides is 4. The summed E-state index contributed by atoms with van der Waals surface area (Å²) in [5.74, 6) is -0.917. The maximum atomic E-state index is 14.3. The lowest BCUT2D eigenvalue weighted by molar-refractivity contribution is -0.147. The molecule has 3 aliphatic rings. The van der Waals surface area contributed by atoms with Crippen molar-refractivity contribution in [1.82, 2.24) is 30.7 Å². The molecular formula is C42H64N6O6S. The van der Waals surface area contributed by atoms with Crippen LogP contribution in [0.2, 0.25) is 0 Å². The van der Waals surface area contributed by atoms with Crippen LogP contribution in [0.3, 0.4) is 0 Å². The van der Waals surface area contributed by atoms with Crippen molar-refractivity contribution in [2.75, 3.05) is 27.8 Å². The van der Waals surface area contributed by atoms with Crippen molar-refractivity contribution in [3.8, 4) is 0 Å². The zero-order chi connectivity index (χ0) is 39.8. The molecule has 5 rings (SSSR count). The molecule has 12 nitrogen and oxygen atoms in total. The van der Waals surface area contributed by atoms with Gasteiger partial charge in [0.25, 0.3) is 0 Å². The first-order valence-electron chi connectivity index (χ1n) is 20.3. The number of nitrogens with zero attached hydrogens (tertiary/aromatic N) is 3. The first kappa shape index (κ1) is 42.7. The van der Waals surface area contributed by atoms with Gasteiger partial charge in [0.1, 0.15) is 11.0 Å². The van der Waals surface area contributed by atoms with Crippen molar-refractivity contribution in [2.45, 2.75) is 134 Å². The zero-order valence-corrected chi connectivity index (χ0v) is 34.8. The van der Waals surface area contributed by atoms with Crippen LogP contribution in [0.4, 0.5) is 0 Å². The standard InChI is InChI=1S/C42H64N6O6S/c1-9-26(4)37(47(6)42(52)35(25(2)3)46-40(51)36-29-17-18-30(23-29)44-36)33(53-7)24-34(49)48-20-13-16-32(48)38(54-8)27(5)39(50)45-31(41-43-19-21-55-41)22-28-14-11-10-12-15-28/h10-12,14-15,19,21,25-27,29-33,35-38,44H,9,13,16-18,20,22-24H2,1-8H3,(H,45,50)(H,46,51)/t26-,27+,29-,30+,31-,32-,33+,35-,36-,37-,38+/m0/s1. The number of fused-ring (bicyclic) bond motifs is 2. The molecule has 1 aromatic heterocycles. The van der Waals surface area contributed by atoms with Gasteiger partial charge in [0.15, 0.2) is 0 Å². The molecule has 3 N–H and O–H groups in total. The minimum absolute atomic E-state index is 0.00827. The molecule has 13 heteroatoms. The molecule has 3 fully saturated rings. The molecule has 2 aromatic rings. The van der Waals surface area contributed by atoms with Gasteiger partial charge in [-0.3, -0.25) is 19.2 Å². The fraction of sp³-hybridized carbons (Fsp3) is 0.690. The van der Waals surface area contributed by atoms with Gasteiger partial charge in [0.2, 0.25) is 23.6 Å². The summed E-state index contributed by atoms with van der Waals surface area (Å²) >= 11 is 1.51. The lowest BCUT2D eigenvalue weighted by atomic mass is 9.89. The van der Waals surface area contributed by atoms with Gasteiger partial charge in [-0.1, -0.05) is 71.4 Å². The monoisotopic (exact) mass is 780 g/mol. The van der Waals surface area contributed by atoms with E-state index in [1.807, 2.05) is 61.4 Å². The number of piperidine rings is 1. The van der Waals surface area contributed by atoms with Gasteiger partial charge in [0.05, 0.1) is 48.7 Å². The van der Waals surface area contributed by atoms with Gasteiger partial charge in [0, 0.05) is 45.4 Å². The summed E-state index contributed by atoms with van der Waals surface area (Å²) < 4.78 is 12.1. The van der Waals surface area contributed by atoms with Crippen LogP contribution in [0.15, 0.2) is 41.9 Å². The summed E-state index contributed by atoms with van der Waals surface area (Å²) in [6, 6.07) is 8.43. The Balaban J connectivity index is 1.26. The average molecular weight is 781 g/mol. The molecule has 11 atom stereocenters. The number of benzene rings is 1. The second-order valence-electron chi connectivity index (χ2n) is 16.4. The first-order chi connectivity index (χ1) is 26.4. The van der Waals surface area contributed by atoms with Crippen LogP contribution in [0.25, 0.3) is 0 Å². The Morgan fingerprint density at radius 1 is 1.04 bits per heavy atom. The van der Waals surface area contributed by atoms with Gasteiger partial charge in [-0.25, -0.2) is 4.98 Å². The molecule has 2 saturated heterocycles. The average Bonchev–Trinajstić information content (AvgIpc) is 4.03. The molecule has 55 heavy (non-hydrogen) atoms. The molecule has 1 aromatic carbocycles. The van der Waals surface area contributed by atoms with Crippen LogP contribution in [-0.4, -0.2) is 109 Å². The Morgan fingerprint density at radius 3 is 2.36 bits per heavy atom. The number of thiazole rings is 1. The van der Waals surface area contributed by atoms with Crippen LogP contribution in [0.5, 0.6) is 0 Å². The van der Waals surface area contributed by atoms with Gasteiger partial charge >= 0.3 is 0 Å². The molecule has 1 aliphatic carbocycles. The number of methoxy groups -OCH3 is 2. The fourth-order valence-electron chi connectivity index (χ4n) is 9.19. The van der Waals surface area contributed by atoms with Crippen LogP contribution >= 0.6 is 11.3 Å². The quantitative estimate of drug-likeness (QED) is 0.186. The van der Waals surface area contributed by atoms with Crippen molar-refractivity contribution in [2.24, 2.45) is 23.7 Å². The second kappa shape index (κ2) is 19.7. The lowest BCUT2D eigenvalue weighted by Gasteiger charge is -2.41. The molecule has 4 amide bonds. The number of hydrogen-bond acceptors (Lipinski definition) is 9. The zero-order valence-electron chi connectivity index (χ0n) is 34.0. The number of likely N-dealkylation sites (N-methyl/N-ethyl adjacent to an activating group) is 1. The molecule has 0 spiro atoms. The van der Waals surface area contributed by atoms with E-state index in [4.69, 9.17) is 9.47 Å². The number of aromatic nitrogens is 1. The maximum absolute atomic E-state index is 14.3. The number of hydrogen-bond donors (Lipinski definition) is 3. The SMILES string of the molecule is CC[C@H](C)[C@@H]([C@@H](CC(=O)N1CCC[C@H]1[C@H](OC)[C@@H](C)C(=O)N[C@@H](Cc1ccccc1)c1nccs1)OC)N(C)C(=O)[C@@H](NC(=O)[C@H]1N[C@@H]2CC[C@H]1C2)C(C)C. The molecule has 1 saturated carbocycles. The van der Waals surface area contributed by atoms with Crippen LogP contribution in [-0.2, 0) is 35.1 Å². The van der Waals surface area contributed by atoms with Crippen molar-refractivity contribution in [3.63, 3.8) is 0 Å². The summed E-state index contributed by atoms with van der Waals surface area (Å²) in [6.45, 7) is 10.4. The highest BCUT2D eigenvalue weighted by molar-refractivity contribution is 7.09. The summed E-state index contributed by atoms with van der Waals surface area (Å²) in [5, 5.41) is 12.5. The van der Waals surface area contributed by atoms with E-state index in [1.54, 1.807) is 32.4 Å². The highest BCUT2D eigenvalue weighted by atomic mass is 32.1. The highest BCUT2D eigenvalue weighted by Gasteiger charge is 2.46. The molecule has 3 heterocycles. The normalized spacial score (nSPS) is 24.5. The van der Waals surface area contributed by atoms with E-state index >= 15 is 0 Å². The summed E-state index contributed by atoms with van der Waals surface area (Å²) in [4.78, 5) is 64.0. The summed E-state index contributed by atoms with van der Waals surface area (Å²) in [5.41, 5.74) is 1.10. The number of nitrogens with one attached hydrogen (secondary N) is 3. The van der Waals surface area contributed by atoms with Crippen molar-refractivity contribution in [3.05, 3.63) is 52.5 Å². The molecule has 0 radical (unpaired) electrons. The third-order valence-electron chi connectivity index (χ3n) is 12.5. The molecular weight excluding hydrogens is 717 g/mol. The van der Waals surface area contributed by atoms with Gasteiger partial charge in [-0.05, 0) is 61.8 Å². The number of ether oxygens (including phenoxy) is 2. The molecule has 0 unspecified atom stereocenters. The Kier molecular flexibility index (Phi) is 15.3. The van der Waals surface area contributed by atoms with Gasteiger partial charge in [-0.15, -0.1) is 11.3 Å². The largest absolute Gasteiger partial charge is 0.379 e. The minimum Gasteiger partial charge on any atom is -0.379 e. The predicted molar refractivity (Wildman–Crippen MR) is 214 cm³/mol. The Labute approximate surface area is 331 Å². The Morgan fingerprint density at radius 2 is 1.78 bits per heavy atom. The van der Waals surface area contributed by atoms with Gasteiger partial charge in [-0.2, -0.15) is 0 Å². The molecule has 2 aliphatic heterocycles. The smallest absolute Gasteiger partial charge is 0.245 e. The van der Waals surface area contributed by atoms with Crippen LogP contribution in [0, 0.1) is 23.7 Å². The van der Waals surface area contributed by atoms with Crippen LogP contribution < -0.4 is 16.0 Å². The third kappa shape index (κ3) is 10.1. The first-order valence-corrected chi connectivity index (χ1v) is 21.2. The second-order valence-corrected chi connectivity index (χ2v) is 17.3. The van der Waals surface area contributed by atoms with Gasteiger partial charge < -0.3 is 35.2 Å². The minimum atomic E-state index is -0.709. The summed E-state index contributed by atoms with van der Waals surface area (Å²) in [7, 11) is 4.96. The number of carbonyl (C=O) groups is 4. The number of likely N-dealkylation sites (tertiary alicyclic amines) is 1. The summed E-state index contributed by atoms with van der Waals surface area (Å²) in [6.07, 6.45) is 6.70. The highest BCUT2D eigenvalue weighted by Crippen LogP contribution is 2.36. The number of carbonyl (C=O) groups excluding carboxylic acids is 4. The van der Waals surface area contributed by atoms with Crippen molar-refractivity contribution >= 4 is 35.0 Å². The van der Waals surface area contributed by atoms with E-state index in [-0.39, 0.29) is 60.0 Å². The van der Waals surface area contributed by atoms with Crippen molar-refractivity contribution < 1.29 is 28.7 Å². The Bertz CT molecular complexity index is 1560. The number of rotatable bonds is 19. The van der Waals surface area contributed by atoms with E-state index in [0.29, 0.717) is 31.3 Å². The molecule has 304 valence electrons. The van der Waals surface area contributed by atoms with Crippen LogP contribution in [0.1, 0.15) is 96.2 Å². The molecule has 2 bridgehead atoms. The Hall–Kier alpha value is -3.39. The van der Waals surface area contributed by atoms with E-state index in [2.05, 4.69) is 34.8 Å². The van der Waals surface area contributed by atoms with Crippen molar-refractivity contribution in [1.29, 1.82) is 0 Å². The van der Waals surface area contributed by atoms with E-state index in [1.165, 1.54) is 11.3 Å². The topological polar surface area (TPSA) is 142 Å². The van der Waals surface area contributed by atoms with E-state index < -0.39 is 30.2 Å². The predicted octanol–water partition coefficient (Wildman–Crippen LogP) is 4.74. The maximum Gasteiger partial charge on any atom is 0.245 e.